The highest BCUT2D eigenvalue weighted by Crippen LogP contribution is 2.20. The zero-order valence-corrected chi connectivity index (χ0v) is 14.9. The molecule has 1 saturated heterocycles. The average Bonchev–Trinajstić information content (AvgIpc) is 3.10. The van der Waals surface area contributed by atoms with Crippen LogP contribution < -0.4 is 5.32 Å². The highest BCUT2D eigenvalue weighted by atomic mass is 16.2. The second kappa shape index (κ2) is 8.65. The number of rotatable bonds is 6. The molecular weight excluding hydrogens is 314 g/mol. The molecule has 1 unspecified atom stereocenters. The van der Waals surface area contributed by atoms with Gasteiger partial charge >= 0.3 is 6.03 Å². The maximum absolute atomic E-state index is 12.4. The van der Waals surface area contributed by atoms with Gasteiger partial charge in [0.15, 0.2) is 0 Å². The van der Waals surface area contributed by atoms with Crippen LogP contribution in [0.4, 0.5) is 4.79 Å². The maximum Gasteiger partial charge on any atom is 0.317 e. The summed E-state index contributed by atoms with van der Waals surface area (Å²) >= 11 is 0. The Morgan fingerprint density at radius 3 is 2.96 bits per heavy atom. The van der Waals surface area contributed by atoms with Crippen molar-refractivity contribution in [3.63, 3.8) is 0 Å². The van der Waals surface area contributed by atoms with Gasteiger partial charge in [-0.15, -0.1) is 10.2 Å². The van der Waals surface area contributed by atoms with Gasteiger partial charge in [-0.05, 0) is 37.7 Å². The molecule has 2 heterocycles. The normalized spacial score (nSPS) is 17.5. The third kappa shape index (κ3) is 4.81. The van der Waals surface area contributed by atoms with Gasteiger partial charge in [-0.3, -0.25) is 0 Å². The molecule has 25 heavy (non-hydrogen) atoms. The molecule has 0 aliphatic carbocycles. The van der Waals surface area contributed by atoms with E-state index in [9.17, 15) is 4.79 Å². The van der Waals surface area contributed by atoms with E-state index in [1.807, 2.05) is 23.1 Å². The van der Waals surface area contributed by atoms with Gasteiger partial charge in [-0.25, -0.2) is 4.79 Å². The van der Waals surface area contributed by atoms with Crippen LogP contribution in [0.3, 0.4) is 0 Å². The molecule has 1 aliphatic rings. The van der Waals surface area contributed by atoms with Crippen molar-refractivity contribution in [2.45, 2.75) is 39.2 Å². The lowest BCUT2D eigenvalue weighted by Crippen LogP contribution is -2.46. The highest BCUT2D eigenvalue weighted by molar-refractivity contribution is 5.74. The lowest BCUT2D eigenvalue weighted by molar-refractivity contribution is 0.164. The number of hydrogen-bond donors (Lipinski definition) is 1. The molecule has 1 atom stereocenters. The van der Waals surface area contributed by atoms with Crippen molar-refractivity contribution in [3.8, 4) is 0 Å². The van der Waals surface area contributed by atoms with Crippen molar-refractivity contribution in [2.75, 3.05) is 19.6 Å². The van der Waals surface area contributed by atoms with E-state index < -0.39 is 0 Å². The Morgan fingerprint density at radius 2 is 2.16 bits per heavy atom. The number of nitrogens with zero attached hydrogens (tertiary/aromatic N) is 4. The van der Waals surface area contributed by atoms with Gasteiger partial charge in [0, 0.05) is 32.6 Å². The van der Waals surface area contributed by atoms with Crippen LogP contribution in [0.25, 0.3) is 0 Å². The van der Waals surface area contributed by atoms with E-state index in [4.69, 9.17) is 0 Å². The molecule has 0 radical (unpaired) electrons. The molecule has 1 N–H and O–H groups in total. The number of carbonyl (C=O) groups excluding carboxylic acids is 1. The Balaban J connectivity index is 1.46. The van der Waals surface area contributed by atoms with Gasteiger partial charge in [0.05, 0.1) is 0 Å². The van der Waals surface area contributed by atoms with Crippen LogP contribution in [0.15, 0.2) is 36.7 Å². The van der Waals surface area contributed by atoms with Crippen molar-refractivity contribution in [1.29, 1.82) is 0 Å². The Morgan fingerprint density at radius 1 is 1.32 bits per heavy atom. The molecule has 1 aromatic heterocycles. The molecule has 1 aliphatic heterocycles. The molecule has 0 spiro atoms. The Kier molecular flexibility index (Phi) is 6.04. The zero-order chi connectivity index (χ0) is 17.5. The van der Waals surface area contributed by atoms with Crippen molar-refractivity contribution >= 4 is 6.03 Å². The summed E-state index contributed by atoms with van der Waals surface area (Å²) in [6.45, 7) is 5.30. The highest BCUT2D eigenvalue weighted by Gasteiger charge is 2.24. The number of benzene rings is 1. The molecule has 1 aromatic carbocycles. The third-order valence-electron chi connectivity index (χ3n) is 4.85. The number of piperidine rings is 1. The van der Waals surface area contributed by atoms with Crippen LogP contribution in [-0.2, 0) is 19.4 Å². The predicted octanol–water partition coefficient (Wildman–Crippen LogP) is 2.50. The number of aryl methyl sites for hydroxylation is 1. The van der Waals surface area contributed by atoms with E-state index in [1.165, 1.54) is 5.56 Å². The van der Waals surface area contributed by atoms with E-state index >= 15 is 0 Å². The minimum Gasteiger partial charge on any atom is -0.338 e. The van der Waals surface area contributed by atoms with Crippen LogP contribution in [-0.4, -0.2) is 45.3 Å². The first-order valence-electron chi connectivity index (χ1n) is 9.19. The molecule has 6 nitrogen and oxygen atoms in total. The zero-order valence-electron chi connectivity index (χ0n) is 14.9. The van der Waals surface area contributed by atoms with Crippen molar-refractivity contribution in [1.82, 2.24) is 25.0 Å². The smallest absolute Gasteiger partial charge is 0.317 e. The molecule has 6 heteroatoms. The quantitative estimate of drug-likeness (QED) is 0.878. The summed E-state index contributed by atoms with van der Waals surface area (Å²) in [6.07, 6.45) is 5.73. The third-order valence-corrected chi connectivity index (χ3v) is 4.85. The van der Waals surface area contributed by atoms with Gasteiger partial charge < -0.3 is 14.8 Å². The Labute approximate surface area is 149 Å². The van der Waals surface area contributed by atoms with E-state index in [-0.39, 0.29) is 6.03 Å². The summed E-state index contributed by atoms with van der Waals surface area (Å²) in [5.74, 6) is 1.49. The monoisotopic (exact) mass is 341 g/mol. The standard InChI is InChI=1S/C19H27N5O/c1-2-23-15-21-22-18(23)13-17-9-6-12-24(14-17)19(25)20-11-10-16-7-4-3-5-8-16/h3-5,7-8,15,17H,2,6,9-14H2,1H3,(H,20,25). The summed E-state index contributed by atoms with van der Waals surface area (Å²) in [7, 11) is 0. The van der Waals surface area contributed by atoms with E-state index in [2.05, 4.69) is 39.1 Å². The van der Waals surface area contributed by atoms with Crippen molar-refractivity contribution < 1.29 is 4.79 Å². The summed E-state index contributed by atoms with van der Waals surface area (Å²) < 4.78 is 2.08. The molecule has 0 bridgehead atoms. The first-order chi connectivity index (χ1) is 12.3. The van der Waals surface area contributed by atoms with Gasteiger partial charge in [-0.1, -0.05) is 30.3 Å². The molecule has 0 saturated carbocycles. The van der Waals surface area contributed by atoms with Gasteiger partial charge in [-0.2, -0.15) is 0 Å². The molecule has 134 valence electrons. The van der Waals surface area contributed by atoms with Crippen molar-refractivity contribution in [2.24, 2.45) is 5.92 Å². The average molecular weight is 341 g/mol. The number of carbonyl (C=O) groups is 1. The summed E-state index contributed by atoms with van der Waals surface area (Å²) in [5.41, 5.74) is 1.25. The van der Waals surface area contributed by atoms with Gasteiger partial charge in [0.1, 0.15) is 12.2 Å². The molecule has 3 rings (SSSR count). The van der Waals surface area contributed by atoms with E-state index in [0.717, 1.165) is 51.1 Å². The first-order valence-corrected chi connectivity index (χ1v) is 9.19. The van der Waals surface area contributed by atoms with Crippen LogP contribution in [0.2, 0.25) is 0 Å². The lowest BCUT2D eigenvalue weighted by atomic mass is 9.94. The van der Waals surface area contributed by atoms with E-state index in [0.29, 0.717) is 12.5 Å². The predicted molar refractivity (Wildman–Crippen MR) is 97.2 cm³/mol. The van der Waals surface area contributed by atoms with Gasteiger partial charge in [0.25, 0.3) is 0 Å². The topological polar surface area (TPSA) is 63.1 Å². The van der Waals surface area contributed by atoms with Crippen LogP contribution in [0.5, 0.6) is 0 Å². The summed E-state index contributed by atoms with van der Waals surface area (Å²) in [6, 6.07) is 10.3. The number of amides is 2. The second-order valence-electron chi connectivity index (χ2n) is 6.66. The van der Waals surface area contributed by atoms with E-state index in [1.54, 1.807) is 6.33 Å². The molecule has 1 fully saturated rings. The molecular formula is C19H27N5O. The summed E-state index contributed by atoms with van der Waals surface area (Å²) in [4.78, 5) is 14.4. The van der Waals surface area contributed by atoms with Gasteiger partial charge in [0.2, 0.25) is 0 Å². The number of nitrogens with one attached hydrogen (secondary N) is 1. The number of aromatic nitrogens is 3. The SMILES string of the molecule is CCn1cnnc1CC1CCCN(C(=O)NCCc2ccccc2)C1. The fourth-order valence-electron chi connectivity index (χ4n) is 3.45. The fraction of sp³-hybridized carbons (Fsp3) is 0.526. The first kappa shape index (κ1) is 17.5. The molecule has 2 amide bonds. The largest absolute Gasteiger partial charge is 0.338 e. The minimum absolute atomic E-state index is 0.0533. The summed E-state index contributed by atoms with van der Waals surface area (Å²) in [5, 5.41) is 11.3. The second-order valence-corrected chi connectivity index (χ2v) is 6.66. The van der Waals surface area contributed by atoms with Crippen LogP contribution >= 0.6 is 0 Å². The lowest BCUT2D eigenvalue weighted by Gasteiger charge is -2.32. The number of hydrogen-bond acceptors (Lipinski definition) is 3. The minimum atomic E-state index is 0.0533. The Bertz CT molecular complexity index is 669. The Hall–Kier alpha value is -2.37. The molecule has 2 aromatic rings. The van der Waals surface area contributed by atoms with Crippen LogP contribution in [0, 0.1) is 5.92 Å². The van der Waals surface area contributed by atoms with Crippen molar-refractivity contribution in [3.05, 3.63) is 48.0 Å². The number of urea groups is 1. The number of likely N-dealkylation sites (tertiary alicyclic amines) is 1. The van der Waals surface area contributed by atoms with Crippen LogP contribution in [0.1, 0.15) is 31.2 Å². The fourth-order valence-corrected chi connectivity index (χ4v) is 3.45. The maximum atomic E-state index is 12.4.